The van der Waals surface area contributed by atoms with E-state index >= 15 is 0 Å². The number of carbonyl (C=O) groups is 2. The third-order valence-electron chi connectivity index (χ3n) is 6.64. The molecule has 0 radical (unpaired) electrons. The molecule has 1 aliphatic carbocycles. The molecule has 32 heavy (non-hydrogen) atoms. The Hall–Kier alpha value is -3.05. The molecule has 2 aromatic carbocycles. The molecule has 164 valence electrons. The van der Waals surface area contributed by atoms with Gasteiger partial charge in [-0.1, -0.05) is 55.1 Å². The molecule has 0 saturated heterocycles. The summed E-state index contributed by atoms with van der Waals surface area (Å²) in [5, 5.41) is 12.2. The fourth-order valence-corrected chi connectivity index (χ4v) is 5.23. The van der Waals surface area contributed by atoms with Gasteiger partial charge >= 0.3 is 0 Å². The van der Waals surface area contributed by atoms with Gasteiger partial charge in [0.2, 0.25) is 5.78 Å². The summed E-state index contributed by atoms with van der Waals surface area (Å²) in [6.45, 7) is 1.96. The van der Waals surface area contributed by atoms with E-state index in [2.05, 4.69) is 0 Å². The Labute approximate surface area is 191 Å². The highest BCUT2D eigenvalue weighted by atomic mass is 35.5. The van der Waals surface area contributed by atoms with Crippen LogP contribution in [0.25, 0.3) is 11.0 Å². The number of hydrogen-bond acceptors (Lipinski definition) is 4. The second kappa shape index (κ2) is 8.14. The van der Waals surface area contributed by atoms with E-state index in [-0.39, 0.29) is 17.4 Å². The first-order chi connectivity index (χ1) is 15.5. The first-order valence-electron chi connectivity index (χ1n) is 11.0. The molecule has 1 atom stereocenters. The molecular weight excluding hydrogens is 426 g/mol. The summed E-state index contributed by atoms with van der Waals surface area (Å²) in [5.74, 6) is -1.35. The summed E-state index contributed by atoms with van der Waals surface area (Å²) in [6.07, 6.45) is 4.94. The summed E-state index contributed by atoms with van der Waals surface area (Å²) < 4.78 is 5.79. The molecule has 3 aromatic rings. The average molecular weight is 450 g/mol. The lowest BCUT2D eigenvalue weighted by atomic mass is 9.88. The van der Waals surface area contributed by atoms with Crippen LogP contribution in [-0.4, -0.2) is 27.7 Å². The molecular formula is C26H24ClNO4. The predicted octanol–water partition coefficient (Wildman–Crippen LogP) is 6.31. The highest BCUT2D eigenvalue weighted by Crippen LogP contribution is 2.44. The number of halogens is 1. The lowest BCUT2D eigenvalue weighted by Gasteiger charge is -2.37. The zero-order chi connectivity index (χ0) is 22.4. The van der Waals surface area contributed by atoms with Crippen LogP contribution in [-0.2, 0) is 4.79 Å². The largest absolute Gasteiger partial charge is 0.503 e. The second-order valence-corrected chi connectivity index (χ2v) is 9.08. The number of fused-ring (bicyclic) bond motifs is 1. The number of aryl methyl sites for hydroxylation is 1. The highest BCUT2D eigenvalue weighted by Gasteiger charge is 2.47. The number of benzene rings is 2. The van der Waals surface area contributed by atoms with Crippen molar-refractivity contribution in [2.75, 3.05) is 0 Å². The van der Waals surface area contributed by atoms with Crippen molar-refractivity contribution >= 4 is 34.3 Å². The van der Waals surface area contributed by atoms with E-state index in [1.54, 1.807) is 29.2 Å². The Bertz CT molecular complexity index is 1250. The normalized spacial score (nSPS) is 19.9. The van der Waals surface area contributed by atoms with Crippen LogP contribution in [0.5, 0.6) is 0 Å². The van der Waals surface area contributed by atoms with Crippen molar-refractivity contribution in [1.29, 1.82) is 0 Å². The SMILES string of the molecule is Cc1ccccc1C1C(C(=O)c2cc3cc(Cl)ccc3o2)=C(O)C(=O)N1C1CCCCC1. The summed E-state index contributed by atoms with van der Waals surface area (Å²) in [7, 11) is 0. The third kappa shape index (κ3) is 3.41. The van der Waals surface area contributed by atoms with E-state index < -0.39 is 23.5 Å². The van der Waals surface area contributed by atoms with Crippen LogP contribution in [0.2, 0.25) is 5.02 Å². The first-order valence-corrected chi connectivity index (χ1v) is 11.4. The minimum atomic E-state index is -0.642. The molecule has 1 N–H and O–H groups in total. The highest BCUT2D eigenvalue weighted by molar-refractivity contribution is 6.31. The summed E-state index contributed by atoms with van der Waals surface area (Å²) >= 11 is 6.08. The quantitative estimate of drug-likeness (QED) is 0.474. The maximum atomic E-state index is 13.7. The number of aliphatic hydroxyl groups is 1. The van der Waals surface area contributed by atoms with E-state index in [1.807, 2.05) is 31.2 Å². The minimum Gasteiger partial charge on any atom is -0.503 e. The van der Waals surface area contributed by atoms with Crippen LogP contribution in [0.15, 0.2) is 64.3 Å². The van der Waals surface area contributed by atoms with Crippen LogP contribution in [0.3, 0.4) is 0 Å². The molecule has 1 unspecified atom stereocenters. The van der Waals surface area contributed by atoms with Gasteiger partial charge in [0.1, 0.15) is 5.58 Å². The van der Waals surface area contributed by atoms with Crippen molar-refractivity contribution < 1.29 is 19.1 Å². The van der Waals surface area contributed by atoms with Crippen molar-refractivity contribution in [2.45, 2.75) is 51.1 Å². The number of amides is 1. The number of nitrogens with zero attached hydrogens (tertiary/aromatic N) is 1. The maximum Gasteiger partial charge on any atom is 0.290 e. The van der Waals surface area contributed by atoms with Gasteiger partial charge in [-0.3, -0.25) is 9.59 Å². The summed E-state index contributed by atoms with van der Waals surface area (Å²) in [5.41, 5.74) is 2.42. The number of carbonyl (C=O) groups excluding carboxylic acids is 2. The van der Waals surface area contributed by atoms with E-state index in [4.69, 9.17) is 16.0 Å². The molecule has 5 rings (SSSR count). The molecule has 1 aromatic heterocycles. The smallest absolute Gasteiger partial charge is 0.290 e. The lowest BCUT2D eigenvalue weighted by molar-refractivity contribution is -0.132. The predicted molar refractivity (Wildman–Crippen MR) is 123 cm³/mol. The van der Waals surface area contributed by atoms with Gasteiger partial charge in [0.25, 0.3) is 5.91 Å². The van der Waals surface area contributed by atoms with Gasteiger partial charge in [-0.25, -0.2) is 0 Å². The van der Waals surface area contributed by atoms with Crippen LogP contribution < -0.4 is 0 Å². The lowest BCUT2D eigenvalue weighted by Crippen LogP contribution is -2.41. The van der Waals surface area contributed by atoms with Crippen molar-refractivity contribution in [3.63, 3.8) is 0 Å². The third-order valence-corrected chi connectivity index (χ3v) is 6.88. The number of ketones is 1. The number of Topliss-reactive ketones (excluding diaryl/α,β-unsaturated/α-hetero) is 1. The Morgan fingerprint density at radius 3 is 2.59 bits per heavy atom. The Morgan fingerprint density at radius 1 is 1.09 bits per heavy atom. The number of hydrogen-bond donors (Lipinski definition) is 1. The maximum absolute atomic E-state index is 13.7. The zero-order valence-corrected chi connectivity index (χ0v) is 18.6. The van der Waals surface area contributed by atoms with E-state index in [0.29, 0.717) is 16.0 Å². The standard InChI is InChI=1S/C26H24ClNO4/c1-15-7-5-6-10-19(15)23-22(25(30)26(31)28(23)18-8-3-2-4-9-18)24(29)21-14-16-13-17(27)11-12-20(16)32-21/h5-7,10-14,18,23,30H,2-4,8-9H2,1H3. The summed E-state index contributed by atoms with van der Waals surface area (Å²) in [4.78, 5) is 28.7. The number of aliphatic hydroxyl groups excluding tert-OH is 1. The van der Waals surface area contributed by atoms with Crippen molar-refractivity contribution in [3.05, 3.63) is 81.8 Å². The second-order valence-electron chi connectivity index (χ2n) is 8.65. The number of rotatable bonds is 4. The first kappa shape index (κ1) is 20.8. The molecule has 0 spiro atoms. The molecule has 1 amide bonds. The molecule has 1 aliphatic heterocycles. The van der Waals surface area contributed by atoms with Crippen LogP contribution >= 0.6 is 11.6 Å². The fourth-order valence-electron chi connectivity index (χ4n) is 5.05. The molecule has 1 fully saturated rings. The molecule has 5 nitrogen and oxygen atoms in total. The van der Waals surface area contributed by atoms with Gasteiger partial charge < -0.3 is 14.4 Å². The van der Waals surface area contributed by atoms with Crippen LogP contribution in [0.4, 0.5) is 0 Å². The van der Waals surface area contributed by atoms with Gasteiger partial charge in [-0.05, 0) is 55.2 Å². The number of furan rings is 1. The molecule has 6 heteroatoms. The monoisotopic (exact) mass is 449 g/mol. The van der Waals surface area contributed by atoms with Crippen molar-refractivity contribution in [2.24, 2.45) is 0 Å². The van der Waals surface area contributed by atoms with E-state index in [0.717, 1.165) is 43.2 Å². The van der Waals surface area contributed by atoms with Crippen molar-refractivity contribution in [3.8, 4) is 0 Å². The topological polar surface area (TPSA) is 70.7 Å². The van der Waals surface area contributed by atoms with Gasteiger partial charge in [0, 0.05) is 16.5 Å². The average Bonchev–Trinajstić information content (AvgIpc) is 3.33. The minimum absolute atomic E-state index is 0.0113. The van der Waals surface area contributed by atoms with Crippen molar-refractivity contribution in [1.82, 2.24) is 4.90 Å². The fraction of sp³-hybridized carbons (Fsp3) is 0.308. The molecule has 2 aliphatic rings. The van der Waals surface area contributed by atoms with E-state index in [9.17, 15) is 14.7 Å². The van der Waals surface area contributed by atoms with Gasteiger partial charge in [0.15, 0.2) is 11.5 Å². The summed E-state index contributed by atoms with van der Waals surface area (Å²) in [6, 6.07) is 13.8. The van der Waals surface area contributed by atoms with E-state index in [1.165, 1.54) is 0 Å². The Morgan fingerprint density at radius 2 is 1.84 bits per heavy atom. The van der Waals surface area contributed by atoms with Gasteiger partial charge in [-0.15, -0.1) is 0 Å². The Balaban J connectivity index is 1.62. The van der Waals surface area contributed by atoms with Crippen LogP contribution in [0, 0.1) is 6.92 Å². The zero-order valence-electron chi connectivity index (χ0n) is 17.8. The van der Waals surface area contributed by atoms with Gasteiger partial charge in [-0.2, -0.15) is 0 Å². The Kier molecular flexibility index (Phi) is 5.30. The van der Waals surface area contributed by atoms with Crippen LogP contribution in [0.1, 0.15) is 59.8 Å². The molecule has 1 saturated carbocycles. The molecule has 2 heterocycles. The molecule has 0 bridgehead atoms. The van der Waals surface area contributed by atoms with Gasteiger partial charge in [0.05, 0.1) is 11.6 Å².